The molecule has 0 atom stereocenters. The van der Waals surface area contributed by atoms with E-state index in [0.29, 0.717) is 0 Å². The van der Waals surface area contributed by atoms with Gasteiger partial charge in [-0.25, -0.2) is 10.5 Å². The van der Waals surface area contributed by atoms with Crippen LogP contribution in [-0.2, 0) is 20.2 Å². The molecule has 0 amide bonds. The largest absolute Gasteiger partial charge is 0.285 e. The molecule has 5 nitrogen and oxygen atoms in total. The topological polar surface area (TPSA) is 105 Å². The molecule has 0 aromatic carbocycles. The monoisotopic (exact) mass is 168 g/mol. The van der Waals surface area contributed by atoms with Crippen molar-refractivity contribution in [2.75, 3.05) is 0 Å². The zero-order chi connectivity index (χ0) is 8.50. The van der Waals surface area contributed by atoms with Crippen LogP contribution in [0, 0.1) is 23.7 Å². The zero-order valence-electron chi connectivity index (χ0n) is 4.17. The highest BCUT2D eigenvalue weighted by atomic mass is 32.9. The van der Waals surface area contributed by atoms with Crippen LogP contribution in [-0.4, -0.2) is 13.3 Å². The summed E-state index contributed by atoms with van der Waals surface area (Å²) in [5, 5.41) is 13.0. The third kappa shape index (κ3) is 379. The van der Waals surface area contributed by atoms with E-state index in [1.807, 2.05) is 0 Å². The first-order valence-electron chi connectivity index (χ1n) is 1.21. The molecule has 52 valence electrons. The summed E-state index contributed by atoms with van der Waals surface area (Å²) in [6, 6.07) is 0. The Morgan fingerprint density at radius 1 is 1.22 bits per heavy atom. The van der Waals surface area contributed by atoms with Crippen LogP contribution < -0.4 is 0 Å². The Kier molecular flexibility index (Phi) is 18.0. The molecule has 9 heavy (non-hydrogen) atoms. The highest BCUT2D eigenvalue weighted by molar-refractivity contribution is 8.26. The summed E-state index contributed by atoms with van der Waals surface area (Å²) in [5.74, 6) is 0. The van der Waals surface area contributed by atoms with E-state index in [2.05, 4.69) is 24.3 Å². The third-order valence-electron chi connectivity index (χ3n) is 0. The van der Waals surface area contributed by atoms with Crippen LogP contribution in [0.4, 0.5) is 0 Å². The van der Waals surface area contributed by atoms with Gasteiger partial charge in [-0.05, 0) is 0 Å². The Morgan fingerprint density at radius 3 is 1.22 bits per heavy atom. The van der Waals surface area contributed by atoms with Gasteiger partial charge >= 0.3 is 0 Å². The van der Waals surface area contributed by atoms with E-state index in [1.165, 1.54) is 0 Å². The van der Waals surface area contributed by atoms with Gasteiger partial charge in [-0.15, -0.1) is 0 Å². The molecule has 0 fully saturated rings. The molecule has 0 aliphatic carbocycles. The highest BCUT2D eigenvalue weighted by Gasteiger charge is 1.78. The lowest BCUT2D eigenvalue weighted by molar-refractivity contribution is 0.450. The second-order valence-corrected chi connectivity index (χ2v) is 2.65. The average Bonchev–Trinajstić information content (AvgIpc) is 1.72. The Labute approximate surface area is 57.9 Å². The third-order valence-corrected chi connectivity index (χ3v) is 0. The molecule has 0 unspecified atom stereocenters. The minimum atomic E-state index is -3.83. The quantitative estimate of drug-likeness (QED) is 0.525. The van der Waals surface area contributed by atoms with Crippen LogP contribution >= 0.6 is 0 Å². The first kappa shape index (κ1) is 15.7. The molecule has 0 bridgehead atoms. The van der Waals surface area contributed by atoms with Crippen LogP contribution in [0.5, 0.6) is 0 Å². The fourth-order valence-corrected chi connectivity index (χ4v) is 0. The molecule has 0 aromatic heterocycles. The van der Waals surface area contributed by atoms with Crippen LogP contribution in [0.25, 0.3) is 0 Å². The van der Waals surface area contributed by atoms with Crippen molar-refractivity contribution in [3.8, 4) is 13.1 Å². The molecule has 2 N–H and O–H groups in total. The second kappa shape index (κ2) is 10.3. The van der Waals surface area contributed by atoms with E-state index < -0.39 is 9.05 Å². The van der Waals surface area contributed by atoms with E-state index in [0.717, 1.165) is 0 Å². The van der Waals surface area contributed by atoms with E-state index in [4.69, 9.17) is 23.8 Å². The molecule has 0 heterocycles. The molecule has 0 saturated heterocycles. The summed E-state index contributed by atoms with van der Waals surface area (Å²) in [4.78, 5) is 0. The van der Waals surface area contributed by atoms with Gasteiger partial charge < -0.3 is 0 Å². The van der Waals surface area contributed by atoms with Crippen molar-refractivity contribution in [3.05, 3.63) is 0 Å². The predicted molar refractivity (Wildman–Crippen MR) is 34.1 cm³/mol. The van der Waals surface area contributed by atoms with Crippen molar-refractivity contribution < 1.29 is 13.3 Å². The fraction of sp³-hybridized carbons (Fsp3) is 0. The van der Waals surface area contributed by atoms with Crippen LogP contribution in [0.2, 0.25) is 0 Å². The molecular formula is C2H4N2O3S2. The molecule has 0 rings (SSSR count). The number of rotatable bonds is 0. The van der Waals surface area contributed by atoms with Crippen molar-refractivity contribution in [1.82, 2.24) is 0 Å². The van der Waals surface area contributed by atoms with Gasteiger partial charge in [0.15, 0.2) is 0 Å². The van der Waals surface area contributed by atoms with E-state index >= 15 is 0 Å². The Morgan fingerprint density at radius 2 is 1.22 bits per heavy atom. The van der Waals surface area contributed by atoms with E-state index in [1.54, 1.807) is 0 Å². The molecule has 0 spiro atoms. The lowest BCUT2D eigenvalue weighted by Crippen LogP contribution is -1.86. The van der Waals surface area contributed by atoms with Gasteiger partial charge in [0, 0.05) is 24.3 Å². The van der Waals surface area contributed by atoms with E-state index in [9.17, 15) is 0 Å². The molecule has 0 aliphatic rings. The maximum atomic E-state index is 9.11. The number of hydrogen-bond donors (Lipinski definition) is 2. The molecule has 7 heteroatoms. The van der Waals surface area contributed by atoms with Crippen LogP contribution in [0.1, 0.15) is 0 Å². The maximum Gasteiger partial charge on any atom is 0.263 e. The second-order valence-electron chi connectivity index (χ2n) is 0.448. The predicted octanol–water partition coefficient (Wildman–Crippen LogP) is -0.0417. The van der Waals surface area contributed by atoms with Crippen LogP contribution in [0.15, 0.2) is 0 Å². The van der Waals surface area contributed by atoms with Crippen molar-refractivity contribution >= 4 is 20.2 Å². The first-order chi connectivity index (χ1) is 4.00. The van der Waals surface area contributed by atoms with E-state index in [-0.39, 0.29) is 0 Å². The molecule has 0 aliphatic heterocycles. The normalized spacial score (nSPS) is 6.89. The highest BCUT2D eigenvalue weighted by Crippen LogP contribution is 1.62. The Hall–Kier alpha value is -0.730. The average molecular weight is 168 g/mol. The summed E-state index contributed by atoms with van der Waals surface area (Å²) in [6.07, 6.45) is 0. The van der Waals surface area contributed by atoms with Gasteiger partial charge in [-0.1, -0.05) is 0 Å². The summed E-state index contributed by atoms with van der Waals surface area (Å²) >= 11 is 3.47. The lowest BCUT2D eigenvalue weighted by atomic mass is 11.9. The number of nitriles is 2. The first-order valence-corrected chi connectivity index (χ1v) is 3.61. The number of nitrogens with zero attached hydrogens (tertiary/aromatic N) is 2. The SMILES string of the molecule is C#N.C#N.O=S(O)(O)=S. The molecule has 0 aromatic rings. The fourth-order valence-electron chi connectivity index (χ4n) is 0. The Bertz CT molecular complexity index is 153. The molecule has 0 radical (unpaired) electrons. The van der Waals surface area contributed by atoms with Gasteiger partial charge in [-0.2, -0.15) is 4.21 Å². The van der Waals surface area contributed by atoms with Crippen molar-refractivity contribution in [1.29, 1.82) is 10.5 Å². The zero-order valence-corrected chi connectivity index (χ0v) is 5.80. The Balaban J connectivity index is -0.0000000771. The van der Waals surface area contributed by atoms with Crippen molar-refractivity contribution in [2.45, 2.75) is 0 Å². The van der Waals surface area contributed by atoms with Gasteiger partial charge in [0.1, 0.15) is 0 Å². The minimum Gasteiger partial charge on any atom is -0.285 e. The number of hydrogen-bond acceptors (Lipinski definition) is 4. The molecular weight excluding hydrogens is 164 g/mol. The summed E-state index contributed by atoms with van der Waals surface area (Å²) in [5.41, 5.74) is 0. The lowest BCUT2D eigenvalue weighted by Gasteiger charge is -1.73. The van der Waals surface area contributed by atoms with Crippen molar-refractivity contribution in [2.24, 2.45) is 0 Å². The minimum absolute atomic E-state index is 3.47. The summed E-state index contributed by atoms with van der Waals surface area (Å²) in [6.45, 7) is 7.00. The van der Waals surface area contributed by atoms with Gasteiger partial charge in [0.25, 0.3) is 9.05 Å². The van der Waals surface area contributed by atoms with Gasteiger partial charge in [0.05, 0.1) is 0 Å². The standard InChI is InChI=1S/2CHN.H2O3S2/c2*1-2;1-5(2,3)4/h2*1H;(H2,1,2,3,4). The summed E-state index contributed by atoms with van der Waals surface area (Å²) in [7, 11) is -3.83. The van der Waals surface area contributed by atoms with Gasteiger partial charge in [0.2, 0.25) is 0 Å². The van der Waals surface area contributed by atoms with Crippen molar-refractivity contribution in [3.63, 3.8) is 0 Å². The molecule has 0 saturated carbocycles. The maximum absolute atomic E-state index is 9.11. The summed E-state index contributed by atoms with van der Waals surface area (Å²) < 4.78 is 24.0. The van der Waals surface area contributed by atoms with Gasteiger partial charge in [-0.3, -0.25) is 9.11 Å². The van der Waals surface area contributed by atoms with Crippen LogP contribution in [0.3, 0.4) is 0 Å². The smallest absolute Gasteiger partial charge is 0.263 e.